The molecule has 46 heavy (non-hydrogen) atoms. The van der Waals surface area contributed by atoms with Gasteiger partial charge in [0.25, 0.3) is 11.8 Å². The number of carbonyl (C=O) groups is 3. The quantitative estimate of drug-likeness (QED) is 0.103. The van der Waals surface area contributed by atoms with E-state index in [0.29, 0.717) is 27.6 Å². The fourth-order valence-corrected chi connectivity index (χ4v) is 5.60. The predicted octanol–water partition coefficient (Wildman–Crippen LogP) is 7.72. The van der Waals surface area contributed by atoms with Crippen molar-refractivity contribution in [3.63, 3.8) is 0 Å². The van der Waals surface area contributed by atoms with Gasteiger partial charge >= 0.3 is 0 Å². The Morgan fingerprint density at radius 3 is 2.17 bits per heavy atom. The molecule has 0 aliphatic heterocycles. The number of rotatable bonds is 11. The van der Waals surface area contributed by atoms with Crippen LogP contribution in [0.5, 0.6) is 5.75 Å². The van der Waals surface area contributed by atoms with E-state index >= 15 is 0 Å². The van der Waals surface area contributed by atoms with Gasteiger partial charge in [0.15, 0.2) is 0 Å². The van der Waals surface area contributed by atoms with Gasteiger partial charge in [-0.25, -0.2) is 4.39 Å². The van der Waals surface area contributed by atoms with Gasteiger partial charge in [0.2, 0.25) is 5.91 Å². The summed E-state index contributed by atoms with van der Waals surface area (Å²) in [5.41, 5.74) is 2.08. The normalized spacial score (nSPS) is 11.7. The third-order valence-electron chi connectivity index (χ3n) is 6.79. The molecule has 1 unspecified atom stereocenters. The zero-order valence-corrected chi connectivity index (χ0v) is 25.6. The Morgan fingerprint density at radius 1 is 0.761 bits per heavy atom. The van der Waals surface area contributed by atoms with Crippen molar-refractivity contribution in [2.24, 2.45) is 0 Å². The maximum atomic E-state index is 14.5. The predicted molar refractivity (Wildman–Crippen MR) is 180 cm³/mol. The summed E-state index contributed by atoms with van der Waals surface area (Å²) < 4.78 is 19.9. The number of nitrogens with one attached hydrogen (secondary N) is 3. The van der Waals surface area contributed by atoms with E-state index in [0.717, 1.165) is 5.56 Å². The highest BCUT2D eigenvalue weighted by Crippen LogP contribution is 2.38. The number of hydrogen-bond acceptors (Lipinski definition) is 5. The van der Waals surface area contributed by atoms with E-state index in [-0.39, 0.29) is 17.2 Å². The Hall–Kier alpha value is -5.67. The molecule has 0 aliphatic rings. The third-order valence-corrected chi connectivity index (χ3v) is 8.03. The first-order valence-corrected chi connectivity index (χ1v) is 15.2. The Labute approximate surface area is 270 Å². The van der Waals surface area contributed by atoms with E-state index in [4.69, 9.17) is 4.74 Å². The van der Waals surface area contributed by atoms with Gasteiger partial charge in [-0.15, -0.1) is 11.8 Å². The van der Waals surface area contributed by atoms with Crippen molar-refractivity contribution >= 4 is 46.9 Å². The average molecular weight is 632 g/mol. The number of anilines is 2. The number of ether oxygens (including phenoxy) is 1. The van der Waals surface area contributed by atoms with Crippen LogP contribution in [0.1, 0.15) is 26.7 Å². The molecule has 0 saturated heterocycles. The van der Waals surface area contributed by atoms with Crippen LogP contribution in [0.2, 0.25) is 0 Å². The lowest BCUT2D eigenvalue weighted by molar-refractivity contribution is -0.116. The van der Waals surface area contributed by atoms with Crippen LogP contribution in [-0.4, -0.2) is 24.8 Å². The molecule has 0 heterocycles. The lowest BCUT2D eigenvalue weighted by Gasteiger charge is -2.19. The Bertz CT molecular complexity index is 1870. The minimum absolute atomic E-state index is 0.136. The van der Waals surface area contributed by atoms with Crippen molar-refractivity contribution in [2.75, 3.05) is 17.7 Å². The van der Waals surface area contributed by atoms with E-state index in [1.807, 2.05) is 48.5 Å². The summed E-state index contributed by atoms with van der Waals surface area (Å²) in [5.74, 6) is -1.43. The summed E-state index contributed by atoms with van der Waals surface area (Å²) >= 11 is 1.31. The maximum Gasteiger partial charge on any atom is 0.272 e. The largest absolute Gasteiger partial charge is 0.495 e. The summed E-state index contributed by atoms with van der Waals surface area (Å²) in [6, 6.07) is 37.9. The zero-order valence-electron chi connectivity index (χ0n) is 24.8. The Kier molecular flexibility index (Phi) is 10.6. The van der Waals surface area contributed by atoms with Gasteiger partial charge in [0, 0.05) is 21.7 Å². The molecule has 5 rings (SSSR count). The monoisotopic (exact) mass is 631 g/mol. The minimum Gasteiger partial charge on any atom is -0.495 e. The third kappa shape index (κ3) is 8.28. The Morgan fingerprint density at radius 2 is 1.43 bits per heavy atom. The number of carbonyl (C=O) groups excluding carboxylic acids is 3. The molecule has 9 heteroatoms. The van der Waals surface area contributed by atoms with E-state index in [1.165, 1.54) is 43.1 Å². The molecule has 0 fully saturated rings. The number of hydrogen-bond donors (Lipinski definition) is 3. The second-order valence-corrected chi connectivity index (χ2v) is 11.2. The number of amides is 3. The summed E-state index contributed by atoms with van der Waals surface area (Å²) in [5, 5.41) is 7.75. The molecular weight excluding hydrogens is 601 g/mol. The fraction of sp³-hybridized carbons (Fsp3) is 0.0541. The van der Waals surface area contributed by atoms with Crippen molar-refractivity contribution in [3.8, 4) is 5.75 Å². The fourth-order valence-electron chi connectivity index (χ4n) is 4.52. The van der Waals surface area contributed by atoms with E-state index in [9.17, 15) is 18.8 Å². The molecule has 0 aliphatic carbocycles. The highest BCUT2D eigenvalue weighted by Gasteiger charge is 2.24. The van der Waals surface area contributed by atoms with E-state index < -0.39 is 22.9 Å². The maximum absolute atomic E-state index is 14.5. The van der Waals surface area contributed by atoms with Crippen molar-refractivity contribution in [3.05, 3.63) is 162 Å². The molecule has 0 aromatic heterocycles. The van der Waals surface area contributed by atoms with Crippen LogP contribution in [0.25, 0.3) is 6.08 Å². The van der Waals surface area contributed by atoms with Crippen LogP contribution in [0.15, 0.2) is 144 Å². The summed E-state index contributed by atoms with van der Waals surface area (Å²) in [6.07, 6.45) is 1.29. The highest BCUT2D eigenvalue weighted by molar-refractivity contribution is 8.00. The number of halogens is 1. The van der Waals surface area contributed by atoms with Gasteiger partial charge in [0.1, 0.15) is 22.5 Å². The molecule has 5 aromatic rings. The van der Waals surface area contributed by atoms with Crippen molar-refractivity contribution in [1.29, 1.82) is 0 Å². The molecule has 0 saturated carbocycles. The summed E-state index contributed by atoms with van der Waals surface area (Å²) in [7, 11) is 1.54. The van der Waals surface area contributed by atoms with Gasteiger partial charge in [-0.1, -0.05) is 84.9 Å². The Balaban J connectivity index is 1.39. The lowest BCUT2D eigenvalue weighted by atomic mass is 10.1. The van der Waals surface area contributed by atoms with Gasteiger partial charge < -0.3 is 20.7 Å². The van der Waals surface area contributed by atoms with Gasteiger partial charge in [-0.05, 0) is 60.2 Å². The molecule has 0 spiro atoms. The smallest absolute Gasteiger partial charge is 0.272 e. The van der Waals surface area contributed by atoms with Crippen LogP contribution < -0.4 is 20.7 Å². The summed E-state index contributed by atoms with van der Waals surface area (Å²) in [4.78, 5) is 40.8. The first kappa shape index (κ1) is 31.7. The highest BCUT2D eigenvalue weighted by atomic mass is 32.2. The molecule has 1 atom stereocenters. The standard InChI is InChI=1S/C37H30FN3O4S/c1-45-33-22-11-10-21-31(33)40-37(44)34(25-13-4-2-5-14-25)46-29-19-12-18-28(24-29)39-36(43)32(23-27-17-8-9-20-30(27)38)41-35(42)26-15-6-3-7-16-26/h2-24,34H,1H3,(H,39,43)(H,40,44)(H,41,42)/b32-23-. The number of methoxy groups -OCH3 is 1. The van der Waals surface area contributed by atoms with Crippen molar-refractivity contribution in [1.82, 2.24) is 5.32 Å². The molecular formula is C37H30FN3O4S. The van der Waals surface area contributed by atoms with Gasteiger partial charge in [0.05, 0.1) is 12.8 Å². The lowest BCUT2D eigenvalue weighted by Crippen LogP contribution is -2.30. The number of benzene rings is 5. The van der Waals surface area contributed by atoms with Crippen molar-refractivity contribution < 1.29 is 23.5 Å². The first-order chi connectivity index (χ1) is 22.4. The van der Waals surface area contributed by atoms with E-state index in [2.05, 4.69) is 16.0 Å². The molecule has 5 aromatic carbocycles. The molecule has 3 N–H and O–H groups in total. The SMILES string of the molecule is COc1ccccc1NC(=O)C(Sc1cccc(NC(=O)/C(=C/c2ccccc2F)NC(=O)c2ccccc2)c1)c1ccccc1. The molecule has 7 nitrogen and oxygen atoms in total. The second kappa shape index (κ2) is 15.4. The zero-order chi connectivity index (χ0) is 32.3. The number of para-hydroxylation sites is 2. The molecule has 0 bridgehead atoms. The second-order valence-electron chi connectivity index (χ2n) is 9.98. The van der Waals surface area contributed by atoms with Crippen LogP contribution in [0.3, 0.4) is 0 Å². The van der Waals surface area contributed by atoms with Crippen molar-refractivity contribution in [2.45, 2.75) is 10.1 Å². The van der Waals surface area contributed by atoms with Crippen LogP contribution >= 0.6 is 11.8 Å². The van der Waals surface area contributed by atoms with Crippen LogP contribution in [-0.2, 0) is 9.59 Å². The van der Waals surface area contributed by atoms with Gasteiger partial charge in [-0.2, -0.15) is 0 Å². The molecule has 0 radical (unpaired) electrons. The average Bonchev–Trinajstić information content (AvgIpc) is 3.09. The van der Waals surface area contributed by atoms with Crippen LogP contribution in [0, 0.1) is 5.82 Å². The topological polar surface area (TPSA) is 96.5 Å². The first-order valence-electron chi connectivity index (χ1n) is 14.3. The van der Waals surface area contributed by atoms with Gasteiger partial charge in [-0.3, -0.25) is 14.4 Å². The van der Waals surface area contributed by atoms with Crippen LogP contribution in [0.4, 0.5) is 15.8 Å². The molecule has 3 amide bonds. The number of thioether (sulfide) groups is 1. The molecule has 230 valence electrons. The minimum atomic E-state index is -0.650. The van der Waals surface area contributed by atoms with E-state index in [1.54, 1.807) is 66.7 Å². The summed E-state index contributed by atoms with van der Waals surface area (Å²) in [6.45, 7) is 0.